The van der Waals surface area contributed by atoms with Gasteiger partial charge < -0.3 is 14.7 Å². The first kappa shape index (κ1) is 15.7. The van der Waals surface area contributed by atoms with Crippen LogP contribution < -0.4 is 0 Å². The lowest BCUT2D eigenvalue weighted by molar-refractivity contribution is 0.0583. The standard InChI is InChI=1S/C14H19NO3S/c1-4-15(11(2)10-18-3)14(17)13-12(6-5-8-16)7-9-19-13/h7,9,11,16H,4,8,10H2,1-3H3. The molecule has 0 bridgehead atoms. The molecule has 1 atom stereocenters. The molecule has 1 rings (SSSR count). The highest BCUT2D eigenvalue weighted by Gasteiger charge is 2.22. The lowest BCUT2D eigenvalue weighted by Crippen LogP contribution is -2.40. The van der Waals surface area contributed by atoms with Gasteiger partial charge in [-0.3, -0.25) is 4.79 Å². The first-order chi connectivity index (χ1) is 9.15. The summed E-state index contributed by atoms with van der Waals surface area (Å²) in [5, 5.41) is 10.6. The summed E-state index contributed by atoms with van der Waals surface area (Å²) in [6.45, 7) is 4.81. The van der Waals surface area contributed by atoms with Gasteiger partial charge in [0.1, 0.15) is 11.5 Å². The first-order valence-corrected chi connectivity index (χ1v) is 7.00. The van der Waals surface area contributed by atoms with Crippen LogP contribution in [0.25, 0.3) is 0 Å². The Hall–Kier alpha value is -1.35. The van der Waals surface area contributed by atoms with Crippen LogP contribution in [0.4, 0.5) is 0 Å². The summed E-state index contributed by atoms with van der Waals surface area (Å²) in [6.07, 6.45) is 0. The summed E-state index contributed by atoms with van der Waals surface area (Å²) < 4.78 is 5.10. The minimum absolute atomic E-state index is 0.0169. The van der Waals surface area contributed by atoms with Gasteiger partial charge in [0, 0.05) is 19.2 Å². The quantitative estimate of drug-likeness (QED) is 0.834. The minimum atomic E-state index is -0.207. The van der Waals surface area contributed by atoms with Crippen LogP contribution in [0.1, 0.15) is 29.1 Å². The number of methoxy groups -OCH3 is 1. The van der Waals surface area contributed by atoms with Gasteiger partial charge in [0.05, 0.1) is 12.6 Å². The van der Waals surface area contributed by atoms with E-state index in [-0.39, 0.29) is 18.6 Å². The predicted octanol–water partition coefficient (Wildman–Crippen LogP) is 1.59. The maximum atomic E-state index is 12.5. The Morgan fingerprint density at radius 2 is 2.37 bits per heavy atom. The number of hydrogen-bond acceptors (Lipinski definition) is 4. The van der Waals surface area contributed by atoms with Gasteiger partial charge in [-0.05, 0) is 25.3 Å². The van der Waals surface area contributed by atoms with E-state index in [1.54, 1.807) is 18.1 Å². The van der Waals surface area contributed by atoms with E-state index in [2.05, 4.69) is 11.8 Å². The van der Waals surface area contributed by atoms with Crippen molar-refractivity contribution >= 4 is 17.2 Å². The zero-order valence-corrected chi connectivity index (χ0v) is 12.3. The molecular weight excluding hydrogens is 262 g/mol. The van der Waals surface area contributed by atoms with Crippen LogP contribution in [0.3, 0.4) is 0 Å². The topological polar surface area (TPSA) is 49.8 Å². The summed E-state index contributed by atoms with van der Waals surface area (Å²) in [7, 11) is 1.62. The van der Waals surface area contributed by atoms with Crippen LogP contribution in [-0.4, -0.2) is 48.8 Å². The van der Waals surface area contributed by atoms with E-state index in [0.29, 0.717) is 23.6 Å². The summed E-state index contributed by atoms with van der Waals surface area (Å²) in [4.78, 5) is 14.9. The molecule has 1 amide bonds. The Kier molecular flexibility index (Phi) is 6.57. The largest absolute Gasteiger partial charge is 0.384 e. The van der Waals surface area contributed by atoms with Gasteiger partial charge in [0.2, 0.25) is 0 Å². The van der Waals surface area contributed by atoms with Crippen molar-refractivity contribution in [3.05, 3.63) is 21.9 Å². The van der Waals surface area contributed by atoms with E-state index in [0.717, 1.165) is 0 Å². The number of aliphatic hydroxyl groups is 1. The smallest absolute Gasteiger partial charge is 0.265 e. The van der Waals surface area contributed by atoms with Crippen LogP contribution in [0.15, 0.2) is 11.4 Å². The molecule has 1 aromatic rings. The lowest BCUT2D eigenvalue weighted by atomic mass is 10.2. The number of aliphatic hydroxyl groups excluding tert-OH is 1. The monoisotopic (exact) mass is 281 g/mol. The van der Waals surface area contributed by atoms with Crippen molar-refractivity contribution in [1.82, 2.24) is 4.90 Å². The fraction of sp³-hybridized carbons (Fsp3) is 0.500. The summed E-state index contributed by atoms with van der Waals surface area (Å²) in [6, 6.07) is 1.82. The summed E-state index contributed by atoms with van der Waals surface area (Å²) in [5.41, 5.74) is 0.673. The second-order valence-electron chi connectivity index (χ2n) is 4.02. The Balaban J connectivity index is 2.95. The van der Waals surface area contributed by atoms with E-state index in [1.807, 2.05) is 19.2 Å². The van der Waals surface area contributed by atoms with E-state index in [1.165, 1.54) is 11.3 Å². The SMILES string of the molecule is CCN(C(=O)c1sccc1C#CCO)C(C)COC. The van der Waals surface area contributed by atoms with Crippen molar-refractivity contribution in [3.63, 3.8) is 0 Å². The number of ether oxygens (including phenoxy) is 1. The van der Waals surface area contributed by atoms with Crippen molar-refractivity contribution in [1.29, 1.82) is 0 Å². The number of thiophene rings is 1. The number of amides is 1. The van der Waals surface area contributed by atoms with Crippen LogP contribution in [0, 0.1) is 11.8 Å². The average molecular weight is 281 g/mol. The molecule has 1 heterocycles. The number of carbonyl (C=O) groups excluding carboxylic acids is 1. The number of carbonyl (C=O) groups is 1. The molecule has 0 radical (unpaired) electrons. The van der Waals surface area contributed by atoms with Crippen molar-refractivity contribution < 1.29 is 14.6 Å². The molecule has 0 aliphatic rings. The molecule has 0 aliphatic carbocycles. The normalized spacial score (nSPS) is 11.6. The van der Waals surface area contributed by atoms with Crippen molar-refractivity contribution in [2.75, 3.05) is 26.9 Å². The molecule has 1 aromatic heterocycles. The van der Waals surface area contributed by atoms with Crippen molar-refractivity contribution in [2.45, 2.75) is 19.9 Å². The van der Waals surface area contributed by atoms with E-state index >= 15 is 0 Å². The molecule has 0 fully saturated rings. The van der Waals surface area contributed by atoms with E-state index in [4.69, 9.17) is 9.84 Å². The summed E-state index contributed by atoms with van der Waals surface area (Å²) in [5.74, 6) is 5.34. The number of rotatable bonds is 5. The third kappa shape index (κ3) is 4.06. The molecule has 1 unspecified atom stereocenters. The lowest BCUT2D eigenvalue weighted by Gasteiger charge is -2.27. The molecule has 104 valence electrons. The molecule has 0 saturated heterocycles. The molecule has 0 aromatic carbocycles. The van der Waals surface area contributed by atoms with Gasteiger partial charge in [-0.1, -0.05) is 11.8 Å². The predicted molar refractivity (Wildman–Crippen MR) is 76.3 cm³/mol. The van der Waals surface area contributed by atoms with Gasteiger partial charge in [0.15, 0.2) is 0 Å². The van der Waals surface area contributed by atoms with E-state index < -0.39 is 0 Å². The number of nitrogens with zero attached hydrogens (tertiary/aromatic N) is 1. The molecule has 1 N–H and O–H groups in total. The Morgan fingerprint density at radius 1 is 1.63 bits per heavy atom. The summed E-state index contributed by atoms with van der Waals surface area (Å²) >= 11 is 1.37. The van der Waals surface area contributed by atoms with Crippen LogP contribution in [-0.2, 0) is 4.74 Å². The zero-order chi connectivity index (χ0) is 14.3. The Labute approximate surface area is 118 Å². The van der Waals surface area contributed by atoms with Gasteiger partial charge in [-0.25, -0.2) is 0 Å². The third-order valence-corrected chi connectivity index (χ3v) is 3.61. The fourth-order valence-corrected chi connectivity index (χ4v) is 2.63. The maximum Gasteiger partial charge on any atom is 0.265 e. The number of likely N-dealkylation sites (N-methyl/N-ethyl adjacent to an activating group) is 1. The van der Waals surface area contributed by atoms with Crippen LogP contribution in [0.5, 0.6) is 0 Å². The highest BCUT2D eigenvalue weighted by molar-refractivity contribution is 7.12. The maximum absolute atomic E-state index is 12.5. The third-order valence-electron chi connectivity index (χ3n) is 2.70. The van der Waals surface area contributed by atoms with Gasteiger partial charge in [-0.2, -0.15) is 0 Å². The molecule has 0 aliphatic heterocycles. The highest BCUT2D eigenvalue weighted by atomic mass is 32.1. The first-order valence-electron chi connectivity index (χ1n) is 6.12. The van der Waals surface area contributed by atoms with Crippen molar-refractivity contribution in [3.8, 4) is 11.8 Å². The highest BCUT2D eigenvalue weighted by Crippen LogP contribution is 2.19. The molecule has 4 nitrogen and oxygen atoms in total. The fourth-order valence-electron chi connectivity index (χ4n) is 1.83. The van der Waals surface area contributed by atoms with Gasteiger partial charge >= 0.3 is 0 Å². The molecule has 19 heavy (non-hydrogen) atoms. The Bertz CT molecular complexity index is 473. The Morgan fingerprint density at radius 3 is 2.95 bits per heavy atom. The average Bonchev–Trinajstić information content (AvgIpc) is 2.85. The van der Waals surface area contributed by atoms with Crippen molar-refractivity contribution in [2.24, 2.45) is 0 Å². The minimum Gasteiger partial charge on any atom is -0.384 e. The van der Waals surface area contributed by atoms with Gasteiger partial charge in [-0.15, -0.1) is 11.3 Å². The van der Waals surface area contributed by atoms with Gasteiger partial charge in [0.25, 0.3) is 5.91 Å². The molecular formula is C14H19NO3S. The molecule has 0 spiro atoms. The van der Waals surface area contributed by atoms with Crippen LogP contribution in [0.2, 0.25) is 0 Å². The number of hydrogen-bond donors (Lipinski definition) is 1. The molecule has 0 saturated carbocycles. The van der Waals surface area contributed by atoms with E-state index in [9.17, 15) is 4.79 Å². The zero-order valence-electron chi connectivity index (χ0n) is 11.5. The second-order valence-corrected chi connectivity index (χ2v) is 4.93. The van der Waals surface area contributed by atoms with Crippen LogP contribution >= 0.6 is 11.3 Å². The second kappa shape index (κ2) is 7.95. The molecule has 5 heteroatoms.